The van der Waals surface area contributed by atoms with E-state index in [1.54, 1.807) is 4.40 Å². The average Bonchev–Trinajstić information content (AvgIpc) is 2.67. The molecule has 0 aliphatic rings. The summed E-state index contributed by atoms with van der Waals surface area (Å²) in [4.78, 5) is 0. The molecule has 0 bridgehead atoms. The molecule has 0 heterocycles. The van der Waals surface area contributed by atoms with Crippen molar-refractivity contribution in [2.75, 3.05) is 0 Å². The second-order valence-corrected chi connectivity index (χ2v) is 20.6. The van der Waals surface area contributed by atoms with Crippen LogP contribution in [0.2, 0.25) is 17.3 Å². The molecule has 3 aromatic carbocycles. The van der Waals surface area contributed by atoms with E-state index in [2.05, 4.69) is 113 Å². The fourth-order valence-electron chi connectivity index (χ4n) is 4.14. The van der Waals surface area contributed by atoms with Gasteiger partial charge in [-0.15, -0.1) is 0 Å². The Hall–Kier alpha value is -1.80. The Kier molecular flexibility index (Phi) is 6.43. The molecule has 0 atom stereocenters. The molecule has 3 rings (SSSR count). The smallest absolute Gasteiger partial charge is 0.0587 e. The molecule has 0 amide bonds. The molecule has 0 aromatic heterocycles. The fourth-order valence-corrected chi connectivity index (χ4v) is 6.59. The van der Waals surface area contributed by atoms with Gasteiger partial charge in [0, 0.05) is 0 Å². The first-order valence-corrected chi connectivity index (χ1v) is 18.3. The average molecular weight is 445 g/mol. The molecule has 1 heteroatoms. The van der Waals surface area contributed by atoms with Crippen LogP contribution in [0, 0.1) is 6.92 Å². The zero-order chi connectivity index (χ0) is 21.3. The van der Waals surface area contributed by atoms with E-state index in [0.717, 1.165) is 0 Å². The van der Waals surface area contributed by atoms with Crippen LogP contribution in [0.4, 0.5) is 0 Å². The van der Waals surface area contributed by atoms with Gasteiger partial charge in [0.15, 0.2) is 0 Å². The molecule has 0 fully saturated rings. The Morgan fingerprint density at radius 3 is 1.24 bits per heavy atom. The Bertz CT molecular complexity index is 939. The van der Waals surface area contributed by atoms with Crippen LogP contribution in [-0.4, -0.2) is 13.3 Å². The van der Waals surface area contributed by atoms with Crippen molar-refractivity contribution in [1.82, 2.24) is 0 Å². The summed E-state index contributed by atoms with van der Waals surface area (Å²) in [5.41, 5.74) is 9.64. The molecular formula is C28H36Ge. The summed E-state index contributed by atoms with van der Waals surface area (Å²) in [5, 5.41) is 0. The van der Waals surface area contributed by atoms with Gasteiger partial charge in [0.1, 0.15) is 0 Å². The van der Waals surface area contributed by atoms with Gasteiger partial charge in [0.2, 0.25) is 0 Å². The van der Waals surface area contributed by atoms with E-state index in [1.165, 1.54) is 38.9 Å². The summed E-state index contributed by atoms with van der Waals surface area (Å²) in [6.45, 7) is 11.5. The second-order valence-electron chi connectivity index (χ2n) is 9.99. The van der Waals surface area contributed by atoms with Crippen LogP contribution >= 0.6 is 0 Å². The minimum atomic E-state index is -1.75. The van der Waals surface area contributed by atoms with Crippen LogP contribution in [-0.2, 0) is 0 Å². The quantitative estimate of drug-likeness (QED) is 0.348. The third kappa shape index (κ3) is 4.86. The molecule has 0 saturated carbocycles. The number of rotatable bonds is 5. The van der Waals surface area contributed by atoms with Crippen molar-refractivity contribution in [3.8, 4) is 22.3 Å². The van der Waals surface area contributed by atoms with Crippen molar-refractivity contribution in [3.63, 3.8) is 0 Å². The van der Waals surface area contributed by atoms with E-state index in [-0.39, 0.29) is 0 Å². The first-order chi connectivity index (χ1) is 13.6. The zero-order valence-electron chi connectivity index (χ0n) is 19.4. The van der Waals surface area contributed by atoms with Crippen LogP contribution in [0.5, 0.6) is 0 Å². The normalized spacial score (nSPS) is 12.1. The molecule has 29 heavy (non-hydrogen) atoms. The van der Waals surface area contributed by atoms with Gasteiger partial charge in [0.05, 0.1) is 0 Å². The molecule has 152 valence electrons. The zero-order valence-corrected chi connectivity index (χ0v) is 21.5. The second kappa shape index (κ2) is 8.52. The van der Waals surface area contributed by atoms with Crippen LogP contribution in [0.1, 0.15) is 56.2 Å². The first kappa shape index (κ1) is 21.9. The van der Waals surface area contributed by atoms with Gasteiger partial charge < -0.3 is 0 Å². The third-order valence-electron chi connectivity index (χ3n) is 6.03. The van der Waals surface area contributed by atoms with Crippen molar-refractivity contribution in [1.29, 1.82) is 0 Å². The predicted octanol–water partition coefficient (Wildman–Crippen LogP) is 8.12. The molecule has 0 saturated heterocycles. The molecule has 0 aliphatic carbocycles. The van der Waals surface area contributed by atoms with Gasteiger partial charge in [-0.3, -0.25) is 0 Å². The van der Waals surface area contributed by atoms with E-state index < -0.39 is 13.3 Å². The van der Waals surface area contributed by atoms with E-state index in [4.69, 9.17) is 0 Å². The Balaban J connectivity index is 1.96. The van der Waals surface area contributed by atoms with Crippen molar-refractivity contribution < 1.29 is 0 Å². The van der Waals surface area contributed by atoms with Crippen molar-refractivity contribution in [3.05, 3.63) is 77.4 Å². The van der Waals surface area contributed by atoms with Crippen LogP contribution in [0.3, 0.4) is 0 Å². The molecule has 0 unspecified atom stereocenters. The summed E-state index contributed by atoms with van der Waals surface area (Å²) in [6.07, 6.45) is 0. The minimum absolute atomic E-state index is 0.540. The summed E-state index contributed by atoms with van der Waals surface area (Å²) in [5.74, 6) is 8.42. The van der Waals surface area contributed by atoms with E-state index in [1.807, 2.05) is 0 Å². The molecule has 3 aromatic rings. The fraction of sp³-hybridized carbons (Fsp3) is 0.357. The molecule has 0 spiro atoms. The summed E-state index contributed by atoms with van der Waals surface area (Å²) >= 11 is -1.75. The maximum atomic E-state index is 2.45. The topological polar surface area (TPSA) is 0 Å². The molecule has 0 N–H and O–H groups in total. The Labute approximate surface area is 180 Å². The van der Waals surface area contributed by atoms with Gasteiger partial charge in [-0.2, -0.15) is 0 Å². The summed E-state index contributed by atoms with van der Waals surface area (Å²) < 4.78 is 1.56. The first-order valence-electron chi connectivity index (χ1n) is 10.9. The number of benzene rings is 3. The van der Waals surface area contributed by atoms with Gasteiger partial charge in [-0.1, -0.05) is 27.7 Å². The Morgan fingerprint density at radius 1 is 0.552 bits per heavy atom. The summed E-state index contributed by atoms with van der Waals surface area (Å²) in [7, 11) is 0. The summed E-state index contributed by atoms with van der Waals surface area (Å²) in [6, 6.07) is 23.2. The molecule has 0 aliphatic heterocycles. The SMILES string of the molecule is Cc1c(C(C)C)cc(-c2ccc(-c3cc[c]([Ge]([CH3])([CH3])[CH3])cc3)cc2)cc1C(C)C. The van der Waals surface area contributed by atoms with Gasteiger partial charge in [0.25, 0.3) is 0 Å². The van der Waals surface area contributed by atoms with E-state index in [9.17, 15) is 0 Å². The van der Waals surface area contributed by atoms with E-state index in [0.29, 0.717) is 11.8 Å². The molecular weight excluding hydrogens is 409 g/mol. The number of hydrogen-bond donors (Lipinski definition) is 0. The minimum Gasteiger partial charge on any atom is -0.0587 e. The predicted molar refractivity (Wildman–Crippen MR) is 133 cm³/mol. The van der Waals surface area contributed by atoms with Crippen LogP contribution in [0.25, 0.3) is 22.3 Å². The standard InChI is InChI=1S/C28H36Ge/c1-19(2)27-17-25(18-28(20(3)4)21(27)5)24-11-9-22(10-12-24)23-13-15-26(16-14-23)29(6,7)8/h9-20H,1-8H3. The molecule has 0 radical (unpaired) electrons. The van der Waals surface area contributed by atoms with Crippen molar-refractivity contribution in [2.45, 2.75) is 63.7 Å². The van der Waals surface area contributed by atoms with Gasteiger partial charge >= 0.3 is 146 Å². The maximum absolute atomic E-state index is 2.45. The number of hydrogen-bond acceptors (Lipinski definition) is 0. The Morgan fingerprint density at radius 2 is 0.897 bits per heavy atom. The van der Waals surface area contributed by atoms with Crippen molar-refractivity contribution in [2.24, 2.45) is 0 Å². The van der Waals surface area contributed by atoms with Gasteiger partial charge in [-0.25, -0.2) is 0 Å². The van der Waals surface area contributed by atoms with Crippen molar-refractivity contribution >= 4 is 17.7 Å². The third-order valence-corrected chi connectivity index (χ3v) is 10.4. The van der Waals surface area contributed by atoms with Crippen LogP contribution < -0.4 is 4.40 Å². The van der Waals surface area contributed by atoms with Crippen LogP contribution in [0.15, 0.2) is 60.7 Å². The van der Waals surface area contributed by atoms with Gasteiger partial charge in [-0.05, 0) is 6.92 Å². The van der Waals surface area contributed by atoms with E-state index >= 15 is 0 Å². The molecule has 0 nitrogen and oxygen atoms in total. The monoisotopic (exact) mass is 446 g/mol.